The summed E-state index contributed by atoms with van der Waals surface area (Å²) in [5, 5.41) is 0. The summed E-state index contributed by atoms with van der Waals surface area (Å²) < 4.78 is 39.6. The highest BCUT2D eigenvalue weighted by Gasteiger charge is 2.26. The maximum absolute atomic E-state index is 12.7. The molecular formula is C21H23N3O5S2. The van der Waals surface area contributed by atoms with Crippen LogP contribution in [-0.4, -0.2) is 48.4 Å². The average Bonchev–Trinajstić information content (AvgIpc) is 3.17. The number of morpholine rings is 1. The summed E-state index contributed by atoms with van der Waals surface area (Å²) in [4.78, 5) is 19.5. The van der Waals surface area contributed by atoms with E-state index in [1.54, 1.807) is 40.0 Å². The van der Waals surface area contributed by atoms with Gasteiger partial charge in [0.05, 0.1) is 23.8 Å². The highest BCUT2D eigenvalue weighted by Crippen LogP contribution is 2.28. The molecule has 8 nitrogen and oxygen atoms in total. The highest BCUT2D eigenvalue weighted by molar-refractivity contribution is 7.89. The second-order valence-electron chi connectivity index (χ2n) is 7.66. The van der Waals surface area contributed by atoms with Gasteiger partial charge in [-0.05, 0) is 49.9 Å². The largest absolute Gasteiger partial charge is 0.487 e. The molecule has 2 aromatic heterocycles. The minimum atomic E-state index is -3.53. The molecule has 0 saturated carbocycles. The molecule has 3 heterocycles. The Balaban J connectivity index is 1.31. The molecule has 0 unspecified atom stereocenters. The SMILES string of the molecule is O=c1cc(COc2ccc(S(=O)(=O)N3CCOCC3)cc2)nc2sc3c(n12)CCCC3. The molecule has 1 aliphatic carbocycles. The van der Waals surface area contributed by atoms with Gasteiger partial charge >= 0.3 is 0 Å². The summed E-state index contributed by atoms with van der Waals surface area (Å²) in [5.74, 6) is 0.522. The molecule has 10 heteroatoms. The van der Waals surface area contributed by atoms with E-state index in [1.165, 1.54) is 15.2 Å². The summed E-state index contributed by atoms with van der Waals surface area (Å²) >= 11 is 1.58. The van der Waals surface area contributed by atoms with Crippen LogP contribution < -0.4 is 10.3 Å². The van der Waals surface area contributed by atoms with Gasteiger partial charge in [-0.3, -0.25) is 9.20 Å². The Morgan fingerprint density at radius 1 is 1.10 bits per heavy atom. The van der Waals surface area contributed by atoms with Crippen molar-refractivity contribution < 1.29 is 17.9 Å². The van der Waals surface area contributed by atoms with Crippen LogP contribution in [0.25, 0.3) is 4.96 Å². The summed E-state index contributed by atoms with van der Waals surface area (Å²) in [6.45, 7) is 1.67. The van der Waals surface area contributed by atoms with E-state index >= 15 is 0 Å². The van der Waals surface area contributed by atoms with Gasteiger partial charge in [-0.15, -0.1) is 11.3 Å². The lowest BCUT2D eigenvalue weighted by Gasteiger charge is -2.26. The third-order valence-corrected chi connectivity index (χ3v) is 8.69. The molecule has 1 aliphatic heterocycles. The lowest BCUT2D eigenvalue weighted by atomic mass is 10.0. The topological polar surface area (TPSA) is 90.2 Å². The van der Waals surface area contributed by atoms with E-state index in [0.29, 0.717) is 42.7 Å². The number of ether oxygens (including phenoxy) is 2. The van der Waals surface area contributed by atoms with E-state index in [1.807, 2.05) is 0 Å². The number of sulfonamides is 1. The predicted octanol–water partition coefficient (Wildman–Crippen LogP) is 2.23. The minimum Gasteiger partial charge on any atom is -0.487 e. The molecule has 2 aliphatic rings. The fraction of sp³-hybridized carbons (Fsp3) is 0.429. The highest BCUT2D eigenvalue weighted by atomic mass is 32.2. The van der Waals surface area contributed by atoms with Crippen LogP contribution in [-0.2, 0) is 34.2 Å². The number of thiazole rings is 1. The fourth-order valence-electron chi connectivity index (χ4n) is 4.02. The van der Waals surface area contributed by atoms with Crippen molar-refractivity contribution in [3.63, 3.8) is 0 Å². The number of benzene rings is 1. The van der Waals surface area contributed by atoms with Crippen molar-refractivity contribution in [3.8, 4) is 5.75 Å². The predicted molar refractivity (Wildman–Crippen MR) is 116 cm³/mol. The van der Waals surface area contributed by atoms with Gasteiger partial charge in [-0.2, -0.15) is 4.31 Å². The molecule has 0 amide bonds. The molecule has 1 fully saturated rings. The first-order chi connectivity index (χ1) is 15.0. The molecule has 1 saturated heterocycles. The second kappa shape index (κ2) is 8.34. The molecular weight excluding hydrogens is 438 g/mol. The Labute approximate surface area is 184 Å². The van der Waals surface area contributed by atoms with E-state index in [2.05, 4.69) is 4.98 Å². The second-order valence-corrected chi connectivity index (χ2v) is 10.7. The number of nitrogens with zero attached hydrogens (tertiary/aromatic N) is 3. The minimum absolute atomic E-state index is 0.0741. The number of hydrogen-bond acceptors (Lipinski definition) is 7. The zero-order valence-electron chi connectivity index (χ0n) is 17.0. The lowest BCUT2D eigenvalue weighted by Crippen LogP contribution is -2.40. The van der Waals surface area contributed by atoms with Crippen LogP contribution in [0, 0.1) is 0 Å². The smallest absolute Gasteiger partial charge is 0.259 e. The van der Waals surface area contributed by atoms with Crippen molar-refractivity contribution in [1.82, 2.24) is 13.7 Å². The van der Waals surface area contributed by atoms with E-state index in [9.17, 15) is 13.2 Å². The Morgan fingerprint density at radius 2 is 1.84 bits per heavy atom. The molecule has 1 aromatic carbocycles. The Bertz CT molecular complexity index is 1260. The van der Waals surface area contributed by atoms with E-state index in [0.717, 1.165) is 31.4 Å². The monoisotopic (exact) mass is 461 g/mol. The van der Waals surface area contributed by atoms with Crippen LogP contribution in [0.3, 0.4) is 0 Å². The summed E-state index contributed by atoms with van der Waals surface area (Å²) in [6.07, 6.45) is 4.19. The molecule has 164 valence electrons. The van der Waals surface area contributed by atoms with Crippen molar-refractivity contribution in [3.05, 3.63) is 57.0 Å². The Morgan fingerprint density at radius 3 is 2.61 bits per heavy atom. The molecule has 0 N–H and O–H groups in total. The first-order valence-corrected chi connectivity index (χ1v) is 12.6. The van der Waals surface area contributed by atoms with Crippen LogP contribution in [0.15, 0.2) is 40.0 Å². The van der Waals surface area contributed by atoms with Gasteiger partial charge in [0.25, 0.3) is 5.56 Å². The normalized spacial score (nSPS) is 17.5. The molecule has 0 radical (unpaired) electrons. The Kier molecular flexibility index (Phi) is 5.55. The van der Waals surface area contributed by atoms with Crippen LogP contribution in [0.2, 0.25) is 0 Å². The first kappa shape index (κ1) is 20.6. The van der Waals surface area contributed by atoms with Crippen molar-refractivity contribution in [2.75, 3.05) is 26.3 Å². The maximum atomic E-state index is 12.7. The van der Waals surface area contributed by atoms with Gasteiger partial charge in [0.2, 0.25) is 10.0 Å². The van der Waals surface area contributed by atoms with Crippen LogP contribution >= 0.6 is 11.3 Å². The van der Waals surface area contributed by atoms with Gasteiger partial charge in [0.15, 0.2) is 4.96 Å². The zero-order chi connectivity index (χ0) is 21.4. The fourth-order valence-corrected chi connectivity index (χ4v) is 6.66. The van der Waals surface area contributed by atoms with Gasteiger partial charge in [0.1, 0.15) is 12.4 Å². The first-order valence-electron chi connectivity index (χ1n) is 10.4. The third-order valence-electron chi connectivity index (χ3n) is 5.63. The van der Waals surface area contributed by atoms with Gasteiger partial charge < -0.3 is 9.47 Å². The van der Waals surface area contributed by atoms with Crippen molar-refractivity contribution in [2.24, 2.45) is 0 Å². The molecule has 5 rings (SSSR count). The van der Waals surface area contributed by atoms with Crippen LogP contribution in [0.4, 0.5) is 0 Å². The summed E-state index contributed by atoms with van der Waals surface area (Å²) in [5.41, 5.74) is 1.59. The van der Waals surface area contributed by atoms with E-state index < -0.39 is 10.0 Å². The summed E-state index contributed by atoms with van der Waals surface area (Å²) in [7, 11) is -3.53. The van der Waals surface area contributed by atoms with Crippen LogP contribution in [0.5, 0.6) is 5.75 Å². The van der Waals surface area contributed by atoms with Crippen molar-refractivity contribution in [2.45, 2.75) is 37.2 Å². The molecule has 0 atom stereocenters. The average molecular weight is 462 g/mol. The third kappa shape index (κ3) is 4.00. The van der Waals surface area contributed by atoms with Gasteiger partial charge in [-0.25, -0.2) is 13.4 Å². The van der Waals surface area contributed by atoms with E-state index in [-0.39, 0.29) is 17.1 Å². The van der Waals surface area contributed by atoms with Crippen LogP contribution in [0.1, 0.15) is 29.1 Å². The quantitative estimate of drug-likeness (QED) is 0.579. The lowest BCUT2D eigenvalue weighted by molar-refractivity contribution is 0.0730. The molecule has 3 aromatic rings. The van der Waals surface area contributed by atoms with Gasteiger partial charge in [-0.1, -0.05) is 0 Å². The number of fused-ring (bicyclic) bond motifs is 3. The zero-order valence-corrected chi connectivity index (χ0v) is 18.6. The summed E-state index contributed by atoms with van der Waals surface area (Å²) in [6, 6.07) is 7.86. The standard InChI is InChI=1S/C21H23N3O5S2/c25-20-13-15(22-21-24(20)18-3-1-2-4-19(18)30-21)14-29-16-5-7-17(8-6-16)31(26,27)23-9-11-28-12-10-23/h5-8,13H,1-4,9-12,14H2. The maximum Gasteiger partial charge on any atom is 0.259 e. The number of aryl methyl sites for hydroxylation is 2. The van der Waals surface area contributed by atoms with Crippen molar-refractivity contribution in [1.29, 1.82) is 0 Å². The van der Waals surface area contributed by atoms with E-state index in [4.69, 9.17) is 9.47 Å². The van der Waals surface area contributed by atoms with Crippen molar-refractivity contribution >= 4 is 26.3 Å². The number of hydrogen-bond donors (Lipinski definition) is 0. The molecule has 0 spiro atoms. The Hall–Kier alpha value is -2.27. The molecule has 31 heavy (non-hydrogen) atoms. The molecule has 0 bridgehead atoms. The number of rotatable bonds is 5. The number of aromatic nitrogens is 2. The van der Waals surface area contributed by atoms with Gasteiger partial charge in [0, 0.05) is 29.7 Å².